The van der Waals surface area contributed by atoms with Gasteiger partial charge in [0.05, 0.1) is 5.56 Å². The van der Waals surface area contributed by atoms with Crippen molar-refractivity contribution in [1.29, 1.82) is 5.26 Å². The van der Waals surface area contributed by atoms with Gasteiger partial charge in [0.2, 0.25) is 5.91 Å². The summed E-state index contributed by atoms with van der Waals surface area (Å²) in [6.45, 7) is 2.11. The van der Waals surface area contributed by atoms with Crippen molar-refractivity contribution in [2.45, 2.75) is 13.3 Å². The molecule has 0 bridgehead atoms. The molecule has 4 nitrogen and oxygen atoms in total. The molecule has 0 atom stereocenters. The highest BCUT2D eigenvalue weighted by Crippen LogP contribution is 2.03. The van der Waals surface area contributed by atoms with E-state index in [1.807, 2.05) is 18.2 Å². The summed E-state index contributed by atoms with van der Waals surface area (Å²) in [6, 6.07) is 3.80. The van der Waals surface area contributed by atoms with Gasteiger partial charge in [-0.05, 0) is 18.1 Å². The van der Waals surface area contributed by atoms with Gasteiger partial charge in [-0.2, -0.15) is 5.26 Å². The van der Waals surface area contributed by atoms with Crippen LogP contribution >= 0.6 is 0 Å². The number of carbonyl (C=O) groups excluding carboxylic acids is 1. The Bertz CT molecular complexity index is 432. The molecule has 16 heavy (non-hydrogen) atoms. The van der Waals surface area contributed by atoms with Crippen LogP contribution in [-0.4, -0.2) is 17.4 Å². The van der Waals surface area contributed by atoms with Crippen molar-refractivity contribution in [3.05, 3.63) is 35.7 Å². The van der Waals surface area contributed by atoms with Crippen molar-refractivity contribution in [2.24, 2.45) is 0 Å². The molecule has 0 radical (unpaired) electrons. The van der Waals surface area contributed by atoms with Crippen molar-refractivity contribution in [2.75, 3.05) is 6.54 Å². The van der Waals surface area contributed by atoms with E-state index in [1.54, 1.807) is 12.3 Å². The minimum atomic E-state index is -0.0263. The zero-order valence-corrected chi connectivity index (χ0v) is 9.10. The SMILES string of the molecule is CC(=O)NCCC=Cc1cncc(C#N)c1. The van der Waals surface area contributed by atoms with Crippen LogP contribution in [0, 0.1) is 11.3 Å². The molecule has 0 aliphatic heterocycles. The summed E-state index contributed by atoms with van der Waals surface area (Å²) in [5, 5.41) is 11.4. The van der Waals surface area contributed by atoms with Crippen molar-refractivity contribution < 1.29 is 4.79 Å². The van der Waals surface area contributed by atoms with E-state index in [9.17, 15) is 4.79 Å². The number of nitriles is 1. The maximum Gasteiger partial charge on any atom is 0.216 e. The molecule has 82 valence electrons. The Morgan fingerprint density at radius 2 is 2.44 bits per heavy atom. The van der Waals surface area contributed by atoms with Crippen LogP contribution in [0.5, 0.6) is 0 Å². The summed E-state index contributed by atoms with van der Waals surface area (Å²) >= 11 is 0. The van der Waals surface area contributed by atoms with Gasteiger partial charge in [0.25, 0.3) is 0 Å². The molecular weight excluding hydrogens is 202 g/mol. The summed E-state index contributed by atoms with van der Waals surface area (Å²) < 4.78 is 0. The lowest BCUT2D eigenvalue weighted by molar-refractivity contribution is -0.118. The molecule has 1 amide bonds. The monoisotopic (exact) mass is 215 g/mol. The van der Waals surface area contributed by atoms with Crippen LogP contribution in [0.15, 0.2) is 24.5 Å². The van der Waals surface area contributed by atoms with Gasteiger partial charge in [0.15, 0.2) is 0 Å². The first-order valence-corrected chi connectivity index (χ1v) is 4.98. The third-order valence-corrected chi connectivity index (χ3v) is 1.88. The second-order valence-corrected chi connectivity index (χ2v) is 3.29. The second kappa shape index (κ2) is 6.36. The Kier molecular flexibility index (Phi) is 4.74. The highest BCUT2D eigenvalue weighted by Gasteiger charge is 1.92. The Hall–Kier alpha value is -2.15. The smallest absolute Gasteiger partial charge is 0.216 e. The van der Waals surface area contributed by atoms with E-state index in [-0.39, 0.29) is 5.91 Å². The van der Waals surface area contributed by atoms with Gasteiger partial charge in [-0.3, -0.25) is 9.78 Å². The lowest BCUT2D eigenvalue weighted by Crippen LogP contribution is -2.20. The number of pyridine rings is 1. The number of amides is 1. The fourth-order valence-electron chi connectivity index (χ4n) is 1.16. The first-order chi connectivity index (χ1) is 7.72. The van der Waals surface area contributed by atoms with Crippen molar-refractivity contribution in [1.82, 2.24) is 10.3 Å². The van der Waals surface area contributed by atoms with Crippen LogP contribution < -0.4 is 5.32 Å². The van der Waals surface area contributed by atoms with Crippen LogP contribution in [0.3, 0.4) is 0 Å². The van der Waals surface area contributed by atoms with E-state index in [4.69, 9.17) is 5.26 Å². The predicted molar refractivity (Wildman–Crippen MR) is 61.3 cm³/mol. The highest BCUT2D eigenvalue weighted by molar-refractivity contribution is 5.72. The van der Waals surface area contributed by atoms with Crippen LogP contribution in [-0.2, 0) is 4.79 Å². The van der Waals surface area contributed by atoms with E-state index in [2.05, 4.69) is 10.3 Å². The lowest BCUT2D eigenvalue weighted by atomic mass is 10.2. The first-order valence-electron chi connectivity index (χ1n) is 4.98. The average molecular weight is 215 g/mol. The van der Waals surface area contributed by atoms with Crippen LogP contribution in [0.2, 0.25) is 0 Å². The Balaban J connectivity index is 2.44. The summed E-state index contributed by atoms with van der Waals surface area (Å²) in [5.74, 6) is -0.0263. The number of rotatable bonds is 4. The topological polar surface area (TPSA) is 65.8 Å². The lowest BCUT2D eigenvalue weighted by Gasteiger charge is -1.97. The molecule has 0 fully saturated rings. The summed E-state index contributed by atoms with van der Waals surface area (Å²) in [6.07, 6.45) is 7.80. The normalized spacial score (nSPS) is 10.0. The second-order valence-electron chi connectivity index (χ2n) is 3.29. The first kappa shape index (κ1) is 11.9. The van der Waals surface area contributed by atoms with Gasteiger partial charge in [0.1, 0.15) is 6.07 Å². The zero-order valence-electron chi connectivity index (χ0n) is 9.10. The van der Waals surface area contributed by atoms with Crippen molar-refractivity contribution in [3.8, 4) is 6.07 Å². The minimum absolute atomic E-state index is 0.0263. The molecule has 0 aromatic carbocycles. The van der Waals surface area contributed by atoms with E-state index in [0.717, 1.165) is 12.0 Å². The summed E-state index contributed by atoms with van der Waals surface area (Å²) in [5.41, 5.74) is 1.44. The third kappa shape index (κ3) is 4.38. The van der Waals surface area contributed by atoms with Gasteiger partial charge in [-0.25, -0.2) is 0 Å². The largest absolute Gasteiger partial charge is 0.356 e. The van der Waals surface area contributed by atoms with Crippen molar-refractivity contribution >= 4 is 12.0 Å². The fourth-order valence-corrected chi connectivity index (χ4v) is 1.16. The van der Waals surface area contributed by atoms with Gasteiger partial charge < -0.3 is 5.32 Å². The van der Waals surface area contributed by atoms with Crippen molar-refractivity contribution in [3.63, 3.8) is 0 Å². The molecule has 1 rings (SSSR count). The maximum absolute atomic E-state index is 10.6. The van der Waals surface area contributed by atoms with Crippen LogP contribution in [0.4, 0.5) is 0 Å². The summed E-state index contributed by atoms with van der Waals surface area (Å²) in [4.78, 5) is 14.5. The molecule has 1 aromatic rings. The number of nitrogens with zero attached hydrogens (tertiary/aromatic N) is 2. The molecule has 0 unspecified atom stereocenters. The predicted octanol–water partition coefficient (Wildman–Crippen LogP) is 1.49. The molecule has 0 saturated carbocycles. The molecule has 0 spiro atoms. The molecule has 1 heterocycles. The number of nitrogens with one attached hydrogen (secondary N) is 1. The number of hydrogen-bond donors (Lipinski definition) is 1. The number of aromatic nitrogens is 1. The van der Waals surface area contributed by atoms with Crippen LogP contribution in [0.25, 0.3) is 6.08 Å². The molecule has 0 aliphatic rings. The average Bonchev–Trinajstić information content (AvgIpc) is 2.28. The number of hydrogen-bond acceptors (Lipinski definition) is 3. The van der Waals surface area contributed by atoms with Gasteiger partial charge >= 0.3 is 0 Å². The van der Waals surface area contributed by atoms with E-state index >= 15 is 0 Å². The Labute approximate surface area is 94.6 Å². The molecule has 1 aromatic heterocycles. The van der Waals surface area contributed by atoms with Crippen LogP contribution in [0.1, 0.15) is 24.5 Å². The molecule has 1 N–H and O–H groups in total. The van der Waals surface area contributed by atoms with Gasteiger partial charge in [-0.15, -0.1) is 0 Å². The molecule has 0 aliphatic carbocycles. The Morgan fingerprint density at radius 3 is 3.12 bits per heavy atom. The third-order valence-electron chi connectivity index (χ3n) is 1.88. The quantitative estimate of drug-likeness (QED) is 0.774. The maximum atomic E-state index is 10.6. The molecule has 4 heteroatoms. The standard InChI is InChI=1S/C12H13N3O/c1-10(16)15-5-3-2-4-11-6-12(7-13)9-14-8-11/h2,4,6,8-9H,3,5H2,1H3,(H,15,16). The Morgan fingerprint density at radius 1 is 1.62 bits per heavy atom. The zero-order chi connectivity index (χ0) is 11.8. The summed E-state index contributed by atoms with van der Waals surface area (Å²) in [7, 11) is 0. The highest BCUT2D eigenvalue weighted by atomic mass is 16.1. The van der Waals surface area contributed by atoms with Gasteiger partial charge in [-0.1, -0.05) is 12.2 Å². The molecule has 0 saturated heterocycles. The van der Waals surface area contributed by atoms with E-state index in [1.165, 1.54) is 13.1 Å². The van der Waals surface area contributed by atoms with Gasteiger partial charge in [0, 0.05) is 25.9 Å². The number of carbonyl (C=O) groups is 1. The fraction of sp³-hybridized carbons (Fsp3) is 0.250. The van der Waals surface area contributed by atoms with E-state index in [0.29, 0.717) is 12.1 Å². The molecular formula is C12H13N3O. The minimum Gasteiger partial charge on any atom is -0.356 e. The van der Waals surface area contributed by atoms with E-state index < -0.39 is 0 Å².